The average Bonchev–Trinajstić information content (AvgIpc) is 2.18. The van der Waals surface area contributed by atoms with E-state index in [0.29, 0.717) is 12.2 Å². The molecule has 0 aliphatic carbocycles. The van der Waals surface area contributed by atoms with Gasteiger partial charge in [-0.25, -0.2) is 0 Å². The Balaban J connectivity index is 2.78. The number of nitrogens with zero attached hydrogens (tertiary/aromatic N) is 2. The molecule has 0 atom stereocenters. The van der Waals surface area contributed by atoms with Crippen LogP contribution in [0.1, 0.15) is 0 Å². The van der Waals surface area contributed by atoms with Gasteiger partial charge in [0, 0.05) is 20.1 Å². The van der Waals surface area contributed by atoms with E-state index in [1.165, 1.54) is 6.26 Å². The first-order valence-corrected chi connectivity index (χ1v) is 4.67. The van der Waals surface area contributed by atoms with Gasteiger partial charge in [0.05, 0.1) is 0 Å². The van der Waals surface area contributed by atoms with E-state index in [1.807, 2.05) is 19.0 Å². The highest BCUT2D eigenvalue weighted by Gasteiger charge is 2.09. The van der Waals surface area contributed by atoms with Gasteiger partial charge in [-0.15, -0.1) is 0 Å². The van der Waals surface area contributed by atoms with Gasteiger partial charge in [0.1, 0.15) is 18.2 Å². The van der Waals surface area contributed by atoms with Crippen molar-refractivity contribution in [3.05, 3.63) is 22.7 Å². The molecule has 5 heteroatoms. The molecule has 84 valence electrons. The normalized spacial score (nSPS) is 10.7. The largest absolute Gasteiger partial charge is 0.502 e. The molecule has 0 unspecified atom stereocenters. The van der Waals surface area contributed by atoms with Crippen LogP contribution in [-0.2, 0) is 0 Å². The van der Waals surface area contributed by atoms with Gasteiger partial charge >= 0.3 is 0 Å². The minimum atomic E-state index is -0.400. The minimum Gasteiger partial charge on any atom is -0.502 e. The first-order valence-electron chi connectivity index (χ1n) is 4.67. The minimum absolute atomic E-state index is 0.357. The first-order chi connectivity index (χ1) is 7.02. The summed E-state index contributed by atoms with van der Waals surface area (Å²) in [5.74, 6) is -0.357. The molecular formula is C10H16N2O3. The summed E-state index contributed by atoms with van der Waals surface area (Å²) in [6.07, 6.45) is 2.38. The first kappa shape index (κ1) is 11.6. The van der Waals surface area contributed by atoms with Crippen LogP contribution in [0.25, 0.3) is 0 Å². The van der Waals surface area contributed by atoms with Gasteiger partial charge in [-0.05, 0) is 14.1 Å². The van der Waals surface area contributed by atoms with E-state index in [4.69, 9.17) is 4.42 Å². The number of hydrogen-bond acceptors (Lipinski definition) is 5. The summed E-state index contributed by atoms with van der Waals surface area (Å²) in [6, 6.07) is 0. The Labute approximate surface area is 88.5 Å². The van der Waals surface area contributed by atoms with Gasteiger partial charge < -0.3 is 19.3 Å². The van der Waals surface area contributed by atoms with E-state index < -0.39 is 5.43 Å². The highest BCUT2D eigenvalue weighted by atomic mass is 16.3. The number of aromatic hydroxyl groups is 1. The van der Waals surface area contributed by atoms with Crippen molar-refractivity contribution < 1.29 is 9.52 Å². The van der Waals surface area contributed by atoms with Crippen LogP contribution >= 0.6 is 0 Å². The predicted octanol–water partition coefficient (Wildman–Crippen LogP) is 0.343. The highest BCUT2D eigenvalue weighted by Crippen LogP contribution is 2.10. The Morgan fingerprint density at radius 1 is 1.27 bits per heavy atom. The summed E-state index contributed by atoms with van der Waals surface area (Å²) < 4.78 is 4.84. The van der Waals surface area contributed by atoms with Crippen molar-refractivity contribution in [1.29, 1.82) is 0 Å². The Kier molecular flexibility index (Phi) is 3.74. The molecule has 0 aliphatic heterocycles. The molecule has 0 saturated carbocycles. The van der Waals surface area contributed by atoms with Gasteiger partial charge in [-0.2, -0.15) is 0 Å². The van der Waals surface area contributed by atoms with Crippen molar-refractivity contribution in [2.45, 2.75) is 0 Å². The molecule has 1 aromatic heterocycles. The van der Waals surface area contributed by atoms with Crippen LogP contribution in [0.2, 0.25) is 0 Å². The maximum absolute atomic E-state index is 11.5. The quantitative estimate of drug-likeness (QED) is 0.780. The Bertz CT molecular complexity index is 373. The van der Waals surface area contributed by atoms with Gasteiger partial charge in [0.25, 0.3) is 0 Å². The summed E-state index contributed by atoms with van der Waals surface area (Å²) in [5, 5.41) is 9.18. The number of rotatable bonds is 4. The molecule has 0 bridgehead atoms. The standard InChI is InChI=1S/C10H16N2O3/c1-11(2)4-5-12(3)8-6-15-7-9(13)10(8)14/h6-7,13H,4-5H2,1-3H3. The lowest BCUT2D eigenvalue weighted by molar-refractivity contribution is 0.412. The molecule has 1 heterocycles. The molecule has 0 fully saturated rings. The summed E-state index contributed by atoms with van der Waals surface area (Å²) in [5.41, 5.74) is -0.0284. The van der Waals surface area contributed by atoms with Crippen molar-refractivity contribution in [2.75, 3.05) is 39.1 Å². The SMILES string of the molecule is CN(C)CCN(C)c1cocc(O)c1=O. The molecule has 0 aromatic carbocycles. The summed E-state index contributed by atoms with van der Waals surface area (Å²) in [4.78, 5) is 15.3. The van der Waals surface area contributed by atoms with Crippen molar-refractivity contribution in [3.8, 4) is 5.75 Å². The second-order valence-corrected chi connectivity index (χ2v) is 3.70. The molecule has 1 rings (SSSR count). The van der Waals surface area contributed by atoms with Gasteiger partial charge in [-0.3, -0.25) is 4.79 Å². The van der Waals surface area contributed by atoms with Crippen LogP contribution in [0.3, 0.4) is 0 Å². The summed E-state index contributed by atoms with van der Waals surface area (Å²) >= 11 is 0. The molecular weight excluding hydrogens is 196 g/mol. The zero-order valence-corrected chi connectivity index (χ0v) is 9.23. The predicted molar refractivity (Wildman–Crippen MR) is 58.5 cm³/mol. The number of anilines is 1. The molecule has 0 aliphatic rings. The van der Waals surface area contributed by atoms with Gasteiger partial charge in [0.2, 0.25) is 11.2 Å². The Hall–Kier alpha value is -1.49. The lowest BCUT2D eigenvalue weighted by Gasteiger charge is -2.20. The molecule has 15 heavy (non-hydrogen) atoms. The van der Waals surface area contributed by atoms with Crippen LogP contribution in [0.15, 0.2) is 21.7 Å². The molecule has 5 nitrogen and oxygen atoms in total. The van der Waals surface area contributed by atoms with Crippen LogP contribution in [0.4, 0.5) is 5.69 Å². The number of hydrogen-bond donors (Lipinski definition) is 1. The zero-order valence-electron chi connectivity index (χ0n) is 9.23. The molecule has 0 saturated heterocycles. The molecule has 1 aromatic rings. The second kappa shape index (κ2) is 4.84. The fourth-order valence-corrected chi connectivity index (χ4v) is 1.13. The van der Waals surface area contributed by atoms with Crippen molar-refractivity contribution in [1.82, 2.24) is 4.90 Å². The van der Waals surface area contributed by atoms with Crippen LogP contribution in [0.5, 0.6) is 5.75 Å². The monoisotopic (exact) mass is 212 g/mol. The molecule has 0 amide bonds. The Morgan fingerprint density at radius 3 is 2.53 bits per heavy atom. The van der Waals surface area contributed by atoms with Crippen molar-refractivity contribution in [3.63, 3.8) is 0 Å². The maximum Gasteiger partial charge on any atom is 0.249 e. The maximum atomic E-state index is 11.5. The van der Waals surface area contributed by atoms with E-state index in [1.54, 1.807) is 11.9 Å². The average molecular weight is 212 g/mol. The highest BCUT2D eigenvalue weighted by molar-refractivity contribution is 5.45. The summed E-state index contributed by atoms with van der Waals surface area (Å²) in [7, 11) is 5.70. The molecule has 0 spiro atoms. The zero-order chi connectivity index (χ0) is 11.4. The second-order valence-electron chi connectivity index (χ2n) is 3.70. The van der Waals surface area contributed by atoms with Gasteiger partial charge in [0.15, 0.2) is 0 Å². The van der Waals surface area contributed by atoms with E-state index in [2.05, 4.69) is 0 Å². The fraction of sp³-hybridized carbons (Fsp3) is 0.500. The molecule has 1 N–H and O–H groups in total. The van der Waals surface area contributed by atoms with Crippen LogP contribution in [-0.4, -0.2) is 44.2 Å². The van der Waals surface area contributed by atoms with E-state index in [9.17, 15) is 9.90 Å². The fourth-order valence-electron chi connectivity index (χ4n) is 1.13. The van der Waals surface area contributed by atoms with E-state index in [0.717, 1.165) is 12.8 Å². The van der Waals surface area contributed by atoms with Crippen molar-refractivity contribution in [2.24, 2.45) is 0 Å². The number of likely N-dealkylation sites (N-methyl/N-ethyl adjacent to an activating group) is 2. The van der Waals surface area contributed by atoms with Crippen LogP contribution < -0.4 is 10.3 Å². The lowest BCUT2D eigenvalue weighted by Crippen LogP contribution is -2.31. The molecule has 0 radical (unpaired) electrons. The lowest BCUT2D eigenvalue weighted by atomic mass is 10.3. The van der Waals surface area contributed by atoms with Gasteiger partial charge in [-0.1, -0.05) is 0 Å². The smallest absolute Gasteiger partial charge is 0.249 e. The van der Waals surface area contributed by atoms with Crippen LogP contribution in [0, 0.1) is 0 Å². The topological polar surface area (TPSA) is 56.9 Å². The summed E-state index contributed by atoms with van der Waals surface area (Å²) in [6.45, 7) is 1.52. The third kappa shape index (κ3) is 2.99. The van der Waals surface area contributed by atoms with E-state index in [-0.39, 0.29) is 5.75 Å². The third-order valence-corrected chi connectivity index (χ3v) is 2.12. The Morgan fingerprint density at radius 2 is 1.93 bits per heavy atom. The van der Waals surface area contributed by atoms with E-state index >= 15 is 0 Å². The van der Waals surface area contributed by atoms with Crippen molar-refractivity contribution >= 4 is 5.69 Å². The third-order valence-electron chi connectivity index (χ3n) is 2.12.